The molecule has 0 saturated carbocycles. The molecule has 17 heavy (non-hydrogen) atoms. The van der Waals surface area contributed by atoms with Gasteiger partial charge in [0, 0.05) is 12.4 Å². The zero-order valence-corrected chi connectivity index (χ0v) is 8.67. The van der Waals surface area contributed by atoms with Crippen LogP contribution in [0.3, 0.4) is 0 Å². The van der Waals surface area contributed by atoms with Crippen molar-refractivity contribution >= 4 is 0 Å². The Morgan fingerprint density at radius 2 is 2.24 bits per heavy atom. The fourth-order valence-corrected chi connectivity index (χ4v) is 1.73. The normalized spacial score (nSPS) is 37.3. The molecule has 1 aromatic heterocycles. The topological polar surface area (TPSA) is 125 Å². The predicted octanol–water partition coefficient (Wildman–Crippen LogP) is -3.04. The molecule has 8 nitrogen and oxygen atoms in total. The average molecular weight is 244 g/mol. The van der Waals surface area contributed by atoms with Gasteiger partial charge in [-0.25, -0.2) is 14.3 Å². The summed E-state index contributed by atoms with van der Waals surface area (Å²) in [5.74, 6) is -2.43. The van der Waals surface area contributed by atoms with E-state index in [1.807, 2.05) is 0 Å². The van der Waals surface area contributed by atoms with E-state index in [9.17, 15) is 20.1 Å². The Labute approximate surface area is 95.4 Å². The Hall–Kier alpha value is -1.32. The molecule has 1 fully saturated rings. The molecule has 4 N–H and O–H groups in total. The van der Waals surface area contributed by atoms with Crippen molar-refractivity contribution in [3.8, 4) is 0 Å². The second kappa shape index (κ2) is 4.17. The first-order chi connectivity index (χ1) is 8.00. The van der Waals surface area contributed by atoms with E-state index in [4.69, 9.17) is 9.84 Å². The molecule has 1 aliphatic rings. The highest BCUT2D eigenvalue weighted by Crippen LogP contribution is 2.31. The van der Waals surface area contributed by atoms with Gasteiger partial charge in [0.15, 0.2) is 6.10 Å². The van der Waals surface area contributed by atoms with Crippen LogP contribution in [0.25, 0.3) is 0 Å². The van der Waals surface area contributed by atoms with Crippen molar-refractivity contribution in [1.82, 2.24) is 9.55 Å². The van der Waals surface area contributed by atoms with E-state index < -0.39 is 36.5 Å². The van der Waals surface area contributed by atoms with Crippen LogP contribution in [0.5, 0.6) is 0 Å². The largest absolute Gasteiger partial charge is 0.394 e. The molecule has 0 aromatic carbocycles. The lowest BCUT2D eigenvalue weighted by Gasteiger charge is -2.27. The Bertz CT molecular complexity index is 463. The van der Waals surface area contributed by atoms with Crippen LogP contribution in [-0.4, -0.2) is 54.9 Å². The van der Waals surface area contributed by atoms with E-state index in [1.54, 1.807) is 0 Å². The van der Waals surface area contributed by atoms with Crippen molar-refractivity contribution in [2.45, 2.75) is 24.2 Å². The summed E-state index contributed by atoms with van der Waals surface area (Å²) in [6, 6.07) is 1.36. The van der Waals surface area contributed by atoms with Crippen LogP contribution in [0, 0.1) is 0 Å². The number of hydrogen-bond acceptors (Lipinski definition) is 7. The highest BCUT2D eigenvalue weighted by atomic mass is 16.7. The molecular formula is C9H12N2O6. The quantitative estimate of drug-likeness (QED) is 0.435. The number of rotatable bonds is 2. The SMILES string of the molecule is O=c1ncccn1[C@]1(O)O[C@@H](CO)[C@H](O)[C@@H]1O. The third-order valence-corrected chi connectivity index (χ3v) is 2.65. The van der Waals surface area contributed by atoms with Crippen LogP contribution in [0.2, 0.25) is 0 Å². The molecule has 1 aromatic rings. The van der Waals surface area contributed by atoms with Gasteiger partial charge in [-0.05, 0) is 6.07 Å². The zero-order valence-electron chi connectivity index (χ0n) is 8.67. The molecule has 0 bridgehead atoms. The lowest BCUT2D eigenvalue weighted by Crippen LogP contribution is -2.50. The van der Waals surface area contributed by atoms with Crippen molar-refractivity contribution in [3.63, 3.8) is 0 Å². The van der Waals surface area contributed by atoms with E-state index in [-0.39, 0.29) is 0 Å². The summed E-state index contributed by atoms with van der Waals surface area (Å²) in [6.07, 6.45) is -2.07. The molecule has 2 heterocycles. The Morgan fingerprint density at radius 1 is 1.53 bits per heavy atom. The van der Waals surface area contributed by atoms with Crippen LogP contribution in [0.15, 0.2) is 23.3 Å². The third kappa shape index (κ3) is 1.75. The number of aromatic nitrogens is 2. The molecule has 0 spiro atoms. The Kier molecular flexibility index (Phi) is 2.98. The van der Waals surface area contributed by atoms with Gasteiger partial charge in [-0.2, -0.15) is 0 Å². The van der Waals surface area contributed by atoms with Crippen molar-refractivity contribution in [2.24, 2.45) is 0 Å². The second-order valence-corrected chi connectivity index (χ2v) is 3.71. The molecule has 0 amide bonds. The fourth-order valence-electron chi connectivity index (χ4n) is 1.73. The predicted molar refractivity (Wildman–Crippen MR) is 52.7 cm³/mol. The van der Waals surface area contributed by atoms with Crippen molar-refractivity contribution in [3.05, 3.63) is 28.9 Å². The maximum Gasteiger partial charge on any atom is 0.351 e. The summed E-state index contributed by atoms with van der Waals surface area (Å²) in [5, 5.41) is 38.1. The first-order valence-electron chi connectivity index (χ1n) is 4.92. The molecule has 4 atom stereocenters. The van der Waals surface area contributed by atoms with Gasteiger partial charge in [0.2, 0.25) is 0 Å². The maximum absolute atomic E-state index is 11.4. The van der Waals surface area contributed by atoms with Crippen LogP contribution in [0.4, 0.5) is 0 Å². The summed E-state index contributed by atoms with van der Waals surface area (Å²) in [6.45, 7) is -0.602. The number of nitrogens with zero attached hydrogens (tertiary/aromatic N) is 2. The van der Waals surface area contributed by atoms with E-state index in [0.717, 1.165) is 6.20 Å². The van der Waals surface area contributed by atoms with Crippen molar-refractivity contribution < 1.29 is 25.2 Å². The molecule has 1 aliphatic heterocycles. The smallest absolute Gasteiger partial charge is 0.351 e. The maximum atomic E-state index is 11.4. The minimum Gasteiger partial charge on any atom is -0.394 e. The van der Waals surface area contributed by atoms with E-state index >= 15 is 0 Å². The van der Waals surface area contributed by atoms with Gasteiger partial charge < -0.3 is 25.2 Å². The number of aliphatic hydroxyl groups is 4. The van der Waals surface area contributed by atoms with Gasteiger partial charge in [-0.3, -0.25) is 0 Å². The molecule has 2 rings (SSSR count). The minimum atomic E-state index is -2.43. The van der Waals surface area contributed by atoms with Gasteiger partial charge in [0.1, 0.15) is 12.2 Å². The van der Waals surface area contributed by atoms with E-state index in [0.29, 0.717) is 4.57 Å². The van der Waals surface area contributed by atoms with Gasteiger partial charge in [-0.1, -0.05) is 0 Å². The highest BCUT2D eigenvalue weighted by Gasteiger charge is 2.55. The van der Waals surface area contributed by atoms with Gasteiger partial charge in [0.25, 0.3) is 5.91 Å². The fraction of sp³-hybridized carbons (Fsp3) is 0.556. The molecule has 0 radical (unpaired) electrons. The molecule has 0 unspecified atom stereocenters. The summed E-state index contributed by atoms with van der Waals surface area (Å²) >= 11 is 0. The van der Waals surface area contributed by atoms with Crippen molar-refractivity contribution in [2.75, 3.05) is 6.61 Å². The van der Waals surface area contributed by atoms with Crippen LogP contribution >= 0.6 is 0 Å². The summed E-state index contributed by atoms with van der Waals surface area (Å²) < 4.78 is 5.57. The van der Waals surface area contributed by atoms with Gasteiger partial charge >= 0.3 is 5.69 Å². The summed E-state index contributed by atoms with van der Waals surface area (Å²) in [4.78, 5) is 14.8. The average Bonchev–Trinajstić information content (AvgIpc) is 2.55. The zero-order chi connectivity index (χ0) is 12.6. The molecular weight excluding hydrogens is 232 g/mol. The standard InChI is InChI=1S/C9H12N2O6/c12-4-5-6(13)7(14)9(16,17-5)11-3-1-2-10-8(11)15/h1-3,5-7,12-14,16H,4H2/t5-,6-,7-,9+/m0/s1. The number of aliphatic hydroxyl groups excluding tert-OH is 3. The number of hydrogen-bond donors (Lipinski definition) is 4. The van der Waals surface area contributed by atoms with Gasteiger partial charge in [0.05, 0.1) is 6.61 Å². The van der Waals surface area contributed by atoms with Gasteiger partial charge in [-0.15, -0.1) is 0 Å². The van der Waals surface area contributed by atoms with Crippen LogP contribution in [0.1, 0.15) is 0 Å². The minimum absolute atomic E-state index is 0.602. The van der Waals surface area contributed by atoms with E-state index in [1.165, 1.54) is 12.3 Å². The lowest BCUT2D eigenvalue weighted by atomic mass is 10.1. The number of ether oxygens (including phenoxy) is 1. The van der Waals surface area contributed by atoms with Crippen LogP contribution < -0.4 is 5.69 Å². The molecule has 94 valence electrons. The Balaban J connectivity index is 2.44. The first kappa shape index (κ1) is 12.1. The molecule has 1 saturated heterocycles. The lowest BCUT2D eigenvalue weighted by molar-refractivity contribution is -0.291. The molecule has 8 heteroatoms. The van der Waals surface area contributed by atoms with Crippen LogP contribution in [-0.2, 0) is 10.6 Å². The van der Waals surface area contributed by atoms with Crippen molar-refractivity contribution in [1.29, 1.82) is 0 Å². The second-order valence-electron chi connectivity index (χ2n) is 3.71. The van der Waals surface area contributed by atoms with E-state index in [2.05, 4.69) is 4.98 Å². The monoisotopic (exact) mass is 244 g/mol. The summed E-state index contributed by atoms with van der Waals surface area (Å²) in [7, 11) is 0. The summed E-state index contributed by atoms with van der Waals surface area (Å²) in [5.41, 5.74) is -0.847. The Morgan fingerprint density at radius 3 is 2.76 bits per heavy atom. The first-order valence-corrected chi connectivity index (χ1v) is 4.92. The molecule has 0 aliphatic carbocycles. The third-order valence-electron chi connectivity index (χ3n) is 2.65. The highest BCUT2D eigenvalue weighted by molar-refractivity contribution is 4.96.